The molecule has 0 rings (SSSR count). The number of nitrogens with two attached hydrogens (primary N) is 2. The fourth-order valence-electron chi connectivity index (χ4n) is 0. The van der Waals surface area contributed by atoms with E-state index in [-0.39, 0.29) is 0 Å². The Morgan fingerprint density at radius 3 is 1.12 bits per heavy atom. The van der Waals surface area contributed by atoms with Gasteiger partial charge in [0.1, 0.15) is 0 Å². The molecule has 0 aromatic carbocycles. The third-order valence-corrected chi connectivity index (χ3v) is 0.167. The second-order valence-corrected chi connectivity index (χ2v) is 1.50. The molecule has 0 aromatic rings. The number of rotatable bonds is 1. The third-order valence-electron chi connectivity index (χ3n) is 0.167. The first-order valence-electron chi connectivity index (χ1n) is 1.86. The van der Waals surface area contributed by atoms with E-state index >= 15 is 0 Å². The number of hydrogen-bond donors (Lipinski definition) is 2. The molecule has 0 saturated heterocycles. The molecule has 0 aliphatic carbocycles. The summed E-state index contributed by atoms with van der Waals surface area (Å²) >= 11 is -3.94. The van der Waals surface area contributed by atoms with Crippen molar-refractivity contribution in [2.75, 3.05) is 13.1 Å². The quantitative estimate of drug-likeness (QED) is 0.486. The van der Waals surface area contributed by atoms with Gasteiger partial charge in [-0.15, -0.1) is 0 Å². The van der Waals surface area contributed by atoms with Crippen molar-refractivity contribution in [3.8, 4) is 0 Å². The molecule has 4 N–H and O–H groups in total. The van der Waals surface area contributed by atoms with Crippen molar-refractivity contribution in [2.24, 2.45) is 11.5 Å². The molecule has 6 heteroatoms. The first-order valence-corrected chi connectivity index (χ1v) is 3.57. The molecule has 0 unspecified atom stereocenters. The molecule has 0 aliphatic rings. The van der Waals surface area contributed by atoms with E-state index in [0.29, 0.717) is 13.1 Å². The monoisotopic (exact) mass is 159 g/mol. The van der Waals surface area contributed by atoms with Crippen LogP contribution in [0.15, 0.2) is 0 Å². The fraction of sp³-hybridized carbons (Fsp3) is 1.00. The second kappa shape index (κ2) is 10.0. The van der Waals surface area contributed by atoms with Gasteiger partial charge in [-0.3, -0.25) is 0 Å². The molecule has 0 amide bonds. The molecule has 0 atom stereocenters. The maximum absolute atomic E-state index is 8.56. The molecule has 49 valence electrons. The molecule has 0 bridgehead atoms. The van der Waals surface area contributed by atoms with E-state index in [4.69, 9.17) is 22.5 Å². The van der Waals surface area contributed by atoms with Gasteiger partial charge < -0.3 is 11.5 Å². The number of hydrogen-bond acceptors (Lipinski definition) is 5. The Balaban J connectivity index is 0. The van der Waals surface area contributed by atoms with Crippen molar-refractivity contribution < 1.29 is 26.0 Å². The molecule has 0 aliphatic heterocycles. The van der Waals surface area contributed by atoms with Crippen LogP contribution in [-0.4, -0.2) is 13.1 Å². The summed E-state index contributed by atoms with van der Waals surface area (Å²) in [7, 11) is 0. The summed E-state index contributed by atoms with van der Waals surface area (Å²) in [6.45, 7) is 1.19. The normalized spacial score (nSPS) is 6.75. The molecule has 0 radical (unpaired) electrons. The third kappa shape index (κ3) is 174. The summed E-state index contributed by atoms with van der Waals surface area (Å²) in [5.41, 5.74) is 9.81. The van der Waals surface area contributed by atoms with E-state index in [2.05, 4.69) is 0 Å². The Labute approximate surface area is 51.3 Å². The van der Waals surface area contributed by atoms with Crippen LogP contribution in [0.4, 0.5) is 0 Å². The van der Waals surface area contributed by atoms with Crippen LogP contribution < -0.4 is 11.5 Å². The van der Waals surface area contributed by atoms with E-state index in [1.165, 1.54) is 0 Å². The molecule has 8 heavy (non-hydrogen) atoms. The molecule has 0 aromatic heterocycles. The van der Waals surface area contributed by atoms with Crippen LogP contribution in [-0.2, 0) is 26.0 Å². The zero-order valence-electron chi connectivity index (χ0n) is 4.24. The summed E-state index contributed by atoms with van der Waals surface area (Å²) < 4.78 is 25.7. The minimum atomic E-state index is -3.94. The van der Waals surface area contributed by atoms with Gasteiger partial charge >= 0.3 is 26.0 Å². The standard InChI is InChI=1S/C2H8N2.3O.V/c3-1-2-4;;;;/h1-4H2;;;;. The van der Waals surface area contributed by atoms with E-state index in [1.54, 1.807) is 0 Å². The van der Waals surface area contributed by atoms with Crippen molar-refractivity contribution in [1.82, 2.24) is 0 Å². The van der Waals surface area contributed by atoms with Crippen LogP contribution in [0.3, 0.4) is 0 Å². The summed E-state index contributed by atoms with van der Waals surface area (Å²) in [6, 6.07) is 0. The Hall–Kier alpha value is -0.0956. The predicted molar refractivity (Wildman–Crippen MR) is 20.2 cm³/mol. The van der Waals surface area contributed by atoms with Gasteiger partial charge in [-0.25, -0.2) is 0 Å². The van der Waals surface area contributed by atoms with Gasteiger partial charge in [0.25, 0.3) is 0 Å². The van der Waals surface area contributed by atoms with Crippen LogP contribution in [0.2, 0.25) is 0 Å². The van der Waals surface area contributed by atoms with Crippen LogP contribution >= 0.6 is 0 Å². The SMILES string of the molecule is NCCN.[O]=[V](=[O])=[O]. The van der Waals surface area contributed by atoms with Gasteiger partial charge in [0.2, 0.25) is 0 Å². The van der Waals surface area contributed by atoms with E-state index in [0.717, 1.165) is 0 Å². The Bertz CT molecular complexity index is 104. The molecule has 0 heterocycles. The van der Waals surface area contributed by atoms with Gasteiger partial charge in [0, 0.05) is 13.1 Å². The minimum absolute atomic E-state index is 0.597. The van der Waals surface area contributed by atoms with E-state index in [1.807, 2.05) is 0 Å². The van der Waals surface area contributed by atoms with E-state index in [9.17, 15) is 0 Å². The average Bonchev–Trinajstić information content (AvgIpc) is 1.65. The van der Waals surface area contributed by atoms with Crippen molar-refractivity contribution in [1.29, 1.82) is 0 Å². The van der Waals surface area contributed by atoms with Crippen molar-refractivity contribution in [2.45, 2.75) is 0 Å². The Morgan fingerprint density at radius 2 is 1.12 bits per heavy atom. The fourth-order valence-corrected chi connectivity index (χ4v) is 0. The van der Waals surface area contributed by atoms with Crippen LogP contribution in [0.1, 0.15) is 0 Å². The van der Waals surface area contributed by atoms with Crippen LogP contribution in [0, 0.1) is 0 Å². The van der Waals surface area contributed by atoms with Gasteiger partial charge in [-0.1, -0.05) is 0 Å². The summed E-state index contributed by atoms with van der Waals surface area (Å²) in [5, 5.41) is 0. The van der Waals surface area contributed by atoms with Gasteiger partial charge in [0.15, 0.2) is 0 Å². The van der Waals surface area contributed by atoms with Crippen molar-refractivity contribution >= 4 is 0 Å². The first-order chi connectivity index (χ1) is 3.65. The first kappa shape index (κ1) is 10.8. The summed E-state index contributed by atoms with van der Waals surface area (Å²) in [6.07, 6.45) is 0. The van der Waals surface area contributed by atoms with Crippen molar-refractivity contribution in [3.63, 3.8) is 0 Å². The maximum atomic E-state index is 8.56. The average molecular weight is 159 g/mol. The molecular formula is C2H8N2O3V. The molecule has 0 saturated carbocycles. The van der Waals surface area contributed by atoms with Crippen LogP contribution in [0.5, 0.6) is 0 Å². The Morgan fingerprint density at radius 1 is 1.00 bits per heavy atom. The molecule has 5 nitrogen and oxygen atoms in total. The zero-order chi connectivity index (χ0) is 6.99. The van der Waals surface area contributed by atoms with Gasteiger partial charge in [-0.2, -0.15) is 0 Å². The van der Waals surface area contributed by atoms with Crippen molar-refractivity contribution in [3.05, 3.63) is 0 Å². The van der Waals surface area contributed by atoms with Gasteiger partial charge in [0.05, 0.1) is 0 Å². The summed E-state index contributed by atoms with van der Waals surface area (Å²) in [5.74, 6) is 0. The summed E-state index contributed by atoms with van der Waals surface area (Å²) in [4.78, 5) is 0. The topological polar surface area (TPSA) is 103 Å². The molecular weight excluding hydrogens is 151 g/mol. The molecule has 0 fully saturated rings. The van der Waals surface area contributed by atoms with Crippen LogP contribution in [0.25, 0.3) is 0 Å². The zero-order valence-corrected chi connectivity index (χ0v) is 5.64. The van der Waals surface area contributed by atoms with E-state index < -0.39 is 15.0 Å². The molecule has 0 spiro atoms. The van der Waals surface area contributed by atoms with Gasteiger partial charge in [-0.05, 0) is 0 Å². The Kier molecular flexibility index (Phi) is 13.5. The second-order valence-electron chi connectivity index (χ2n) is 0.801. The predicted octanol–water partition coefficient (Wildman–Crippen LogP) is -1.46.